The van der Waals surface area contributed by atoms with Gasteiger partial charge in [0.25, 0.3) is 0 Å². The molecule has 1 rings (SSSR count). The number of carbonyl (C=O) groups is 1. The van der Waals surface area contributed by atoms with E-state index in [1.165, 1.54) is 24.7 Å². The van der Waals surface area contributed by atoms with Crippen LogP contribution in [-0.4, -0.2) is 30.1 Å². The Morgan fingerprint density at radius 1 is 1.80 bits per heavy atom. The Hall–Kier alpha value is -1.36. The molecular weight excluding hydrogens is 214 g/mol. The third kappa shape index (κ3) is 3.71. The van der Waals surface area contributed by atoms with E-state index in [9.17, 15) is 10.0 Å². The van der Waals surface area contributed by atoms with E-state index in [-0.39, 0.29) is 12.4 Å². The van der Waals surface area contributed by atoms with Gasteiger partial charge in [0.05, 0.1) is 12.0 Å². The van der Waals surface area contributed by atoms with Crippen molar-refractivity contribution in [3.8, 4) is 0 Å². The predicted octanol–water partition coefficient (Wildman–Crippen LogP) is 1.63. The van der Waals surface area contributed by atoms with Crippen molar-refractivity contribution < 1.29 is 14.3 Å². The zero-order valence-electron chi connectivity index (χ0n) is 8.67. The van der Waals surface area contributed by atoms with E-state index < -0.39 is 6.04 Å². The zero-order chi connectivity index (χ0) is 11.3. The molecular formula is C10H13NO3S. The minimum Gasteiger partial charge on any atom is -0.624 e. The molecule has 4 nitrogen and oxygen atoms in total. The first kappa shape index (κ1) is 11.7. The fourth-order valence-corrected chi connectivity index (χ4v) is 1.67. The van der Waals surface area contributed by atoms with E-state index in [0.29, 0.717) is 0 Å². The maximum atomic E-state index is 11.5. The highest BCUT2D eigenvalue weighted by Crippen LogP contribution is 2.06. The lowest BCUT2D eigenvalue weighted by molar-refractivity contribution is -0.490. The van der Waals surface area contributed by atoms with Gasteiger partial charge in [-0.25, -0.2) is 4.74 Å². The Morgan fingerprint density at radius 3 is 3.07 bits per heavy atom. The van der Waals surface area contributed by atoms with Crippen molar-refractivity contribution >= 4 is 23.5 Å². The van der Waals surface area contributed by atoms with Crippen molar-refractivity contribution in [2.45, 2.75) is 19.4 Å². The third-order valence-electron chi connectivity index (χ3n) is 1.92. The van der Waals surface area contributed by atoms with Crippen LogP contribution in [0.15, 0.2) is 17.5 Å². The van der Waals surface area contributed by atoms with Crippen molar-refractivity contribution in [3.05, 3.63) is 27.6 Å². The number of nitrogens with zero attached hydrogens (tertiary/aromatic N) is 1. The zero-order valence-corrected chi connectivity index (χ0v) is 9.49. The largest absolute Gasteiger partial charge is 0.624 e. The number of hydrogen-bond acceptors (Lipinski definition) is 4. The molecule has 1 atom stereocenters. The van der Waals surface area contributed by atoms with Gasteiger partial charge in [-0.1, -0.05) is 6.07 Å². The van der Waals surface area contributed by atoms with Gasteiger partial charge in [-0.3, -0.25) is 4.79 Å². The van der Waals surface area contributed by atoms with Crippen LogP contribution >= 0.6 is 11.3 Å². The molecule has 0 aliphatic heterocycles. The molecule has 0 saturated heterocycles. The molecule has 82 valence electrons. The van der Waals surface area contributed by atoms with Crippen LogP contribution < -0.4 is 0 Å². The highest BCUT2D eigenvalue weighted by Gasteiger charge is 2.15. The molecule has 0 aromatic carbocycles. The molecule has 0 aliphatic carbocycles. The average molecular weight is 227 g/mol. The Balaban J connectivity index is 2.60. The molecule has 0 spiro atoms. The highest BCUT2D eigenvalue weighted by atomic mass is 32.1. The monoisotopic (exact) mass is 227 g/mol. The van der Waals surface area contributed by atoms with Crippen LogP contribution in [0.5, 0.6) is 0 Å². The van der Waals surface area contributed by atoms with Crippen molar-refractivity contribution in [2.75, 3.05) is 7.11 Å². The molecule has 0 saturated carbocycles. The summed E-state index contributed by atoms with van der Waals surface area (Å²) >= 11 is 1.48. The van der Waals surface area contributed by atoms with Crippen molar-refractivity contribution in [1.82, 2.24) is 0 Å². The molecule has 1 aromatic rings. The maximum absolute atomic E-state index is 11.5. The number of thiophene rings is 1. The van der Waals surface area contributed by atoms with Gasteiger partial charge in [-0.15, -0.1) is 11.3 Å². The first-order valence-corrected chi connectivity index (χ1v) is 5.42. The van der Waals surface area contributed by atoms with E-state index in [1.807, 2.05) is 17.5 Å². The molecule has 0 bridgehead atoms. The summed E-state index contributed by atoms with van der Waals surface area (Å²) in [4.78, 5) is 11.8. The summed E-state index contributed by atoms with van der Waals surface area (Å²) in [6.07, 6.45) is 1.58. The molecule has 1 heterocycles. The van der Waals surface area contributed by atoms with Crippen LogP contribution in [0.4, 0.5) is 0 Å². The minimum absolute atomic E-state index is 0.0991. The molecule has 1 unspecified atom stereocenters. The summed E-state index contributed by atoms with van der Waals surface area (Å²) in [6.45, 7) is 1.69. The molecule has 1 aromatic heterocycles. The van der Waals surface area contributed by atoms with Crippen LogP contribution in [0.25, 0.3) is 0 Å². The Bertz CT molecular complexity index is 346. The number of rotatable bonds is 4. The number of esters is 1. The SMILES string of the molecule is COC(=O)CC(C)/[N+]([O-])=C/c1cccs1. The quantitative estimate of drug-likeness (QED) is 0.258. The highest BCUT2D eigenvalue weighted by molar-refractivity contribution is 7.11. The van der Waals surface area contributed by atoms with E-state index in [0.717, 1.165) is 9.62 Å². The van der Waals surface area contributed by atoms with Crippen molar-refractivity contribution in [1.29, 1.82) is 0 Å². The lowest BCUT2D eigenvalue weighted by Crippen LogP contribution is -2.23. The van der Waals surface area contributed by atoms with Crippen LogP contribution in [-0.2, 0) is 9.53 Å². The number of ether oxygens (including phenoxy) is 1. The standard InChI is InChI=1S/C10H13NO3S/c1-8(6-10(12)14-2)11(13)7-9-4-3-5-15-9/h3-5,7-8H,6H2,1-2H3/b11-7-. The number of methoxy groups -OCH3 is 1. The fraction of sp³-hybridized carbons (Fsp3) is 0.400. The van der Waals surface area contributed by atoms with Gasteiger partial charge in [-0.05, 0) is 18.4 Å². The number of carbonyl (C=O) groups excluding carboxylic acids is 1. The van der Waals surface area contributed by atoms with Crippen LogP contribution in [0, 0.1) is 5.21 Å². The topological polar surface area (TPSA) is 52.4 Å². The summed E-state index contributed by atoms with van der Waals surface area (Å²) in [5, 5.41) is 13.4. The second-order valence-electron chi connectivity index (χ2n) is 3.13. The Kier molecular flexibility index (Phi) is 4.30. The number of hydroxylamine groups is 1. The minimum atomic E-state index is -0.403. The summed E-state index contributed by atoms with van der Waals surface area (Å²) in [6, 6.07) is 3.31. The number of hydrogen-bond donors (Lipinski definition) is 0. The van der Waals surface area contributed by atoms with Gasteiger partial charge in [-0.2, -0.15) is 0 Å². The molecule has 15 heavy (non-hydrogen) atoms. The maximum Gasteiger partial charge on any atom is 0.312 e. The average Bonchev–Trinajstić information content (AvgIpc) is 2.70. The van der Waals surface area contributed by atoms with Crippen molar-refractivity contribution in [2.24, 2.45) is 0 Å². The Morgan fingerprint density at radius 2 is 2.53 bits per heavy atom. The third-order valence-corrected chi connectivity index (χ3v) is 2.73. The first-order valence-electron chi connectivity index (χ1n) is 4.54. The Labute approximate surface area is 92.4 Å². The molecule has 0 aliphatic rings. The summed E-state index contributed by atoms with van der Waals surface area (Å²) in [5.74, 6) is -0.372. The summed E-state index contributed by atoms with van der Waals surface area (Å²) in [5.41, 5.74) is 0. The molecule has 0 N–H and O–H groups in total. The van der Waals surface area contributed by atoms with Gasteiger partial charge in [0, 0.05) is 0 Å². The molecule has 0 amide bonds. The second kappa shape index (κ2) is 5.50. The fourth-order valence-electron chi connectivity index (χ4n) is 1.03. The summed E-state index contributed by atoms with van der Waals surface area (Å²) < 4.78 is 5.27. The van der Waals surface area contributed by atoms with Crippen molar-refractivity contribution in [3.63, 3.8) is 0 Å². The van der Waals surface area contributed by atoms with Crippen LogP contribution in [0.3, 0.4) is 0 Å². The van der Waals surface area contributed by atoms with Gasteiger partial charge in [0.1, 0.15) is 6.42 Å². The smallest absolute Gasteiger partial charge is 0.312 e. The normalized spacial score (nSPS) is 13.6. The van der Waals surface area contributed by atoms with Gasteiger partial charge < -0.3 is 9.94 Å². The second-order valence-corrected chi connectivity index (χ2v) is 4.11. The van der Waals surface area contributed by atoms with Crippen LogP contribution in [0.2, 0.25) is 0 Å². The van der Waals surface area contributed by atoms with E-state index in [4.69, 9.17) is 0 Å². The van der Waals surface area contributed by atoms with E-state index in [2.05, 4.69) is 4.74 Å². The first-order chi connectivity index (χ1) is 7.13. The van der Waals surface area contributed by atoms with Gasteiger partial charge in [0.2, 0.25) is 0 Å². The lowest BCUT2D eigenvalue weighted by atomic mass is 10.2. The molecule has 0 fully saturated rings. The molecule has 5 heteroatoms. The van der Waals surface area contributed by atoms with Gasteiger partial charge >= 0.3 is 5.97 Å². The lowest BCUT2D eigenvalue weighted by Gasteiger charge is -2.10. The predicted molar refractivity (Wildman–Crippen MR) is 59.2 cm³/mol. The molecule has 0 radical (unpaired) electrons. The summed E-state index contributed by atoms with van der Waals surface area (Å²) in [7, 11) is 1.31. The van der Waals surface area contributed by atoms with E-state index in [1.54, 1.807) is 6.92 Å². The van der Waals surface area contributed by atoms with Crippen LogP contribution in [0.1, 0.15) is 18.2 Å². The van der Waals surface area contributed by atoms with E-state index >= 15 is 0 Å². The van der Waals surface area contributed by atoms with Gasteiger partial charge in [0.15, 0.2) is 12.3 Å².